The highest BCUT2D eigenvalue weighted by Gasteiger charge is 2.20. The van der Waals surface area contributed by atoms with Gasteiger partial charge in [0, 0.05) is 24.8 Å². The van der Waals surface area contributed by atoms with Crippen molar-refractivity contribution in [3.8, 4) is 0 Å². The van der Waals surface area contributed by atoms with Gasteiger partial charge >= 0.3 is 0 Å². The van der Waals surface area contributed by atoms with Crippen LogP contribution in [0.5, 0.6) is 0 Å². The van der Waals surface area contributed by atoms with E-state index in [1.165, 1.54) is 19.1 Å². The Labute approximate surface area is 175 Å². The first-order valence-electron chi connectivity index (χ1n) is 9.41. The number of carbonyl (C=O) groups is 1. The second kappa shape index (κ2) is 9.61. The maximum Gasteiger partial charge on any atom is 0.269 e. The van der Waals surface area contributed by atoms with Crippen LogP contribution in [0.25, 0.3) is 5.57 Å². The van der Waals surface area contributed by atoms with Gasteiger partial charge in [0.2, 0.25) is 0 Å². The molecule has 1 atom stereocenters. The summed E-state index contributed by atoms with van der Waals surface area (Å²) in [5, 5.41) is 11.0. The molecule has 5 nitrogen and oxygen atoms in total. The van der Waals surface area contributed by atoms with Crippen LogP contribution in [0.1, 0.15) is 29.7 Å². The van der Waals surface area contributed by atoms with Gasteiger partial charge in [-0.1, -0.05) is 60.7 Å². The average Bonchev–Trinajstić information content (AvgIpc) is 2.77. The lowest BCUT2D eigenvalue weighted by Crippen LogP contribution is -2.11. The first kappa shape index (κ1) is 20.9. The number of Topliss-reactive ketones (excluding diaryl/α,β-unsaturated/α-hetero) is 1. The number of nitrogens with zero attached hydrogens (tertiary/aromatic N) is 1. The Hall–Kier alpha value is -3.79. The number of carbonyl (C=O) groups excluding carboxylic acids is 1. The van der Waals surface area contributed by atoms with E-state index < -0.39 is 11.0 Å². The topological polar surface area (TPSA) is 69.4 Å². The zero-order valence-corrected chi connectivity index (χ0v) is 16.7. The number of non-ortho nitro benzene ring substituents is 1. The molecular formula is C25H21NO4. The molecule has 0 N–H and O–H groups in total. The summed E-state index contributed by atoms with van der Waals surface area (Å²) in [6.45, 7) is 1.48. The zero-order chi connectivity index (χ0) is 21.5. The van der Waals surface area contributed by atoms with Gasteiger partial charge in [0.05, 0.1) is 10.5 Å². The molecule has 0 saturated heterocycles. The molecule has 0 aliphatic rings. The minimum Gasteiger partial charge on any atom is -0.371 e. The van der Waals surface area contributed by atoms with Gasteiger partial charge in [0.1, 0.15) is 6.10 Å². The Morgan fingerprint density at radius 1 is 0.900 bits per heavy atom. The van der Waals surface area contributed by atoms with Crippen LogP contribution < -0.4 is 0 Å². The van der Waals surface area contributed by atoms with Crippen molar-refractivity contribution >= 4 is 17.0 Å². The molecule has 0 aliphatic carbocycles. The lowest BCUT2D eigenvalue weighted by atomic mass is 9.94. The van der Waals surface area contributed by atoms with Gasteiger partial charge < -0.3 is 4.74 Å². The predicted octanol–water partition coefficient (Wildman–Crippen LogP) is 5.53. The third-order valence-corrected chi connectivity index (χ3v) is 4.67. The number of ether oxygens (including phenoxy) is 1. The molecule has 1 unspecified atom stereocenters. The van der Waals surface area contributed by atoms with Crippen LogP contribution in [0.4, 0.5) is 5.69 Å². The minimum atomic E-state index is -0.583. The largest absolute Gasteiger partial charge is 0.371 e. The van der Waals surface area contributed by atoms with Gasteiger partial charge in [0.25, 0.3) is 5.69 Å². The fourth-order valence-electron chi connectivity index (χ4n) is 3.19. The quantitative estimate of drug-likeness (QED) is 0.227. The number of ketones is 1. The molecular weight excluding hydrogens is 378 g/mol. The lowest BCUT2D eigenvalue weighted by molar-refractivity contribution is -0.384. The molecule has 5 heteroatoms. The normalized spacial score (nSPS) is 11.3. The van der Waals surface area contributed by atoms with E-state index in [4.69, 9.17) is 4.74 Å². The van der Waals surface area contributed by atoms with Gasteiger partial charge in [-0.15, -0.1) is 5.73 Å². The minimum absolute atomic E-state index is 0.000913. The molecule has 0 spiro atoms. The van der Waals surface area contributed by atoms with E-state index in [1.807, 2.05) is 60.7 Å². The van der Waals surface area contributed by atoms with E-state index in [9.17, 15) is 14.9 Å². The number of rotatable bonds is 7. The van der Waals surface area contributed by atoms with Crippen LogP contribution in [-0.2, 0) is 9.53 Å². The van der Waals surface area contributed by atoms with Crippen molar-refractivity contribution in [2.24, 2.45) is 0 Å². The number of hydrogen-bond donors (Lipinski definition) is 0. The summed E-state index contributed by atoms with van der Waals surface area (Å²) >= 11 is 0. The van der Waals surface area contributed by atoms with Crippen molar-refractivity contribution in [1.82, 2.24) is 0 Å². The third-order valence-electron chi connectivity index (χ3n) is 4.67. The van der Waals surface area contributed by atoms with E-state index in [0.717, 1.165) is 11.1 Å². The van der Waals surface area contributed by atoms with Crippen LogP contribution >= 0.6 is 0 Å². The Morgan fingerprint density at radius 2 is 1.43 bits per heavy atom. The number of hydrogen-bond acceptors (Lipinski definition) is 4. The van der Waals surface area contributed by atoms with Crippen LogP contribution in [0, 0.1) is 10.1 Å². The monoisotopic (exact) mass is 399 g/mol. The van der Waals surface area contributed by atoms with Gasteiger partial charge in [-0.05, 0) is 35.7 Å². The summed E-state index contributed by atoms with van der Waals surface area (Å²) in [5.41, 5.74) is 6.71. The van der Waals surface area contributed by atoms with E-state index in [0.29, 0.717) is 16.7 Å². The van der Waals surface area contributed by atoms with Crippen LogP contribution in [0.2, 0.25) is 0 Å². The van der Waals surface area contributed by atoms with E-state index in [1.54, 1.807) is 19.2 Å². The Balaban J connectivity index is 2.26. The molecule has 0 amide bonds. The van der Waals surface area contributed by atoms with Crippen molar-refractivity contribution in [2.75, 3.05) is 7.11 Å². The van der Waals surface area contributed by atoms with Crippen LogP contribution in [-0.4, -0.2) is 17.8 Å². The van der Waals surface area contributed by atoms with Crippen molar-refractivity contribution in [2.45, 2.75) is 13.0 Å². The molecule has 0 fully saturated rings. The fraction of sp³-hybridized carbons (Fsp3) is 0.120. The first-order chi connectivity index (χ1) is 14.5. The molecule has 30 heavy (non-hydrogen) atoms. The molecule has 0 saturated carbocycles. The van der Waals surface area contributed by atoms with E-state index in [2.05, 4.69) is 5.73 Å². The first-order valence-corrected chi connectivity index (χ1v) is 9.41. The molecule has 0 aromatic heterocycles. The lowest BCUT2D eigenvalue weighted by Gasteiger charge is -2.17. The highest BCUT2D eigenvalue weighted by molar-refractivity contribution is 5.96. The smallest absolute Gasteiger partial charge is 0.269 e. The van der Waals surface area contributed by atoms with E-state index >= 15 is 0 Å². The third kappa shape index (κ3) is 4.78. The average molecular weight is 399 g/mol. The zero-order valence-electron chi connectivity index (χ0n) is 16.7. The predicted molar refractivity (Wildman–Crippen MR) is 116 cm³/mol. The highest BCUT2D eigenvalue weighted by Crippen LogP contribution is 2.29. The Bertz CT molecular complexity index is 1100. The van der Waals surface area contributed by atoms with Crippen molar-refractivity contribution in [1.29, 1.82) is 0 Å². The molecule has 0 aliphatic heterocycles. The Morgan fingerprint density at radius 3 is 1.93 bits per heavy atom. The SMILES string of the molecule is COC(C(=C=C(c1ccccc1)c1ccc([N+](=O)[O-])cc1)C(C)=O)c1ccccc1. The molecule has 3 aromatic carbocycles. The standard InChI is InChI=1S/C25H21NO4/c1-18(27)23(25(30-2)21-11-7-4-8-12-21)17-24(19-9-5-3-6-10-19)20-13-15-22(16-14-20)26(28)29/h3-16,25H,1-2H3. The molecule has 3 rings (SSSR count). The molecule has 0 radical (unpaired) electrons. The summed E-state index contributed by atoms with van der Waals surface area (Å²) in [5.74, 6) is -0.166. The summed E-state index contributed by atoms with van der Waals surface area (Å²) in [4.78, 5) is 23.2. The summed E-state index contributed by atoms with van der Waals surface area (Å²) in [6.07, 6.45) is -0.583. The maximum atomic E-state index is 12.6. The van der Waals surface area contributed by atoms with Gasteiger partial charge in [0.15, 0.2) is 5.78 Å². The second-order valence-corrected chi connectivity index (χ2v) is 6.67. The van der Waals surface area contributed by atoms with E-state index in [-0.39, 0.29) is 11.5 Å². The van der Waals surface area contributed by atoms with Gasteiger partial charge in [-0.2, -0.15) is 0 Å². The molecule has 0 bridgehead atoms. The molecule has 3 aromatic rings. The summed E-state index contributed by atoms with van der Waals surface area (Å²) in [7, 11) is 1.55. The molecule has 0 heterocycles. The number of nitro benzene ring substituents is 1. The second-order valence-electron chi connectivity index (χ2n) is 6.67. The number of methoxy groups -OCH3 is 1. The van der Waals surface area contributed by atoms with Crippen LogP contribution in [0.3, 0.4) is 0 Å². The Kier molecular flexibility index (Phi) is 6.71. The van der Waals surface area contributed by atoms with Gasteiger partial charge in [-0.3, -0.25) is 14.9 Å². The van der Waals surface area contributed by atoms with Crippen molar-refractivity contribution < 1.29 is 14.5 Å². The number of benzene rings is 3. The van der Waals surface area contributed by atoms with Gasteiger partial charge in [-0.25, -0.2) is 0 Å². The summed E-state index contributed by atoms with van der Waals surface area (Å²) in [6, 6.07) is 25.2. The maximum absolute atomic E-state index is 12.6. The van der Waals surface area contributed by atoms with Crippen LogP contribution in [0.15, 0.2) is 96.2 Å². The van der Waals surface area contributed by atoms with Crippen molar-refractivity contribution in [3.05, 3.63) is 123 Å². The summed E-state index contributed by atoms with van der Waals surface area (Å²) < 4.78 is 5.66. The molecule has 150 valence electrons. The fourth-order valence-corrected chi connectivity index (χ4v) is 3.19. The number of nitro groups is 1. The van der Waals surface area contributed by atoms with Crippen molar-refractivity contribution in [3.63, 3.8) is 0 Å². The highest BCUT2D eigenvalue weighted by atomic mass is 16.6.